The number of hydrogen-bond acceptors (Lipinski definition) is 4. The number of fused-ring (bicyclic) bond motifs is 1. The fourth-order valence-electron chi connectivity index (χ4n) is 2.18. The van der Waals surface area contributed by atoms with Gasteiger partial charge in [-0.15, -0.1) is 0 Å². The van der Waals surface area contributed by atoms with Crippen LogP contribution in [0.3, 0.4) is 0 Å². The summed E-state index contributed by atoms with van der Waals surface area (Å²) in [6.45, 7) is 1.10. The highest BCUT2D eigenvalue weighted by Gasteiger charge is 2.36. The number of hydrogen-bond donors (Lipinski definition) is 2. The van der Waals surface area contributed by atoms with Gasteiger partial charge < -0.3 is 10.4 Å². The molecule has 2 rings (SSSR count). The minimum Gasteiger partial charge on any atom is -0.481 e. The van der Waals surface area contributed by atoms with Crippen molar-refractivity contribution in [2.24, 2.45) is 0 Å². The lowest BCUT2D eigenvalue weighted by Crippen LogP contribution is -2.43. The maximum atomic E-state index is 12.2. The third kappa shape index (κ3) is 3.33. The van der Waals surface area contributed by atoms with Gasteiger partial charge in [-0.2, -0.15) is 0 Å². The molecule has 8 heteroatoms. The van der Waals surface area contributed by atoms with Crippen molar-refractivity contribution in [3.8, 4) is 0 Å². The molecule has 0 fully saturated rings. The van der Waals surface area contributed by atoms with E-state index in [1.54, 1.807) is 6.07 Å². The van der Waals surface area contributed by atoms with Crippen molar-refractivity contribution in [2.75, 3.05) is 6.54 Å². The van der Waals surface area contributed by atoms with Gasteiger partial charge in [0.05, 0.1) is 17.5 Å². The second-order valence-electron chi connectivity index (χ2n) is 4.95. The molecule has 1 aliphatic rings. The van der Waals surface area contributed by atoms with Crippen LogP contribution in [0.15, 0.2) is 22.7 Å². The Balaban J connectivity index is 2.06. The molecule has 1 aromatic carbocycles. The number of benzene rings is 1. The average Bonchev–Trinajstić information content (AvgIpc) is 2.62. The summed E-state index contributed by atoms with van der Waals surface area (Å²) in [5.41, 5.74) is 0.491. The highest BCUT2D eigenvalue weighted by Crippen LogP contribution is 2.25. The van der Waals surface area contributed by atoms with Crippen LogP contribution in [0, 0.1) is 0 Å². The van der Waals surface area contributed by atoms with Crippen molar-refractivity contribution in [3.63, 3.8) is 0 Å². The zero-order valence-electron chi connectivity index (χ0n) is 11.6. The van der Waals surface area contributed by atoms with Crippen molar-refractivity contribution in [1.29, 1.82) is 0 Å². The average molecular weight is 369 g/mol. The second-order valence-corrected chi connectivity index (χ2v) is 5.87. The number of carbonyl (C=O) groups is 4. The van der Waals surface area contributed by atoms with Crippen LogP contribution in [0.1, 0.15) is 34.1 Å². The predicted molar refractivity (Wildman–Crippen MR) is 79.4 cm³/mol. The van der Waals surface area contributed by atoms with Gasteiger partial charge in [0.25, 0.3) is 11.8 Å². The first-order valence-corrected chi connectivity index (χ1v) is 7.25. The predicted octanol–water partition coefficient (Wildman–Crippen LogP) is 1.02. The van der Waals surface area contributed by atoms with Gasteiger partial charge in [-0.25, -0.2) is 0 Å². The minimum absolute atomic E-state index is 0.235. The highest BCUT2D eigenvalue weighted by atomic mass is 79.9. The Morgan fingerprint density at radius 1 is 1.27 bits per heavy atom. The number of halogens is 1. The first-order valence-electron chi connectivity index (χ1n) is 6.46. The number of amides is 3. The van der Waals surface area contributed by atoms with Gasteiger partial charge in [0.1, 0.15) is 6.54 Å². The Labute approximate surface area is 134 Å². The molecular formula is C14H13BrN2O5. The van der Waals surface area contributed by atoms with Crippen molar-refractivity contribution in [1.82, 2.24) is 10.2 Å². The maximum absolute atomic E-state index is 12.2. The summed E-state index contributed by atoms with van der Waals surface area (Å²) in [6, 6.07) is 4.10. The Bertz CT molecular complexity index is 673. The van der Waals surface area contributed by atoms with Gasteiger partial charge in [0.2, 0.25) is 5.91 Å². The van der Waals surface area contributed by atoms with Gasteiger partial charge in [0, 0.05) is 10.5 Å². The van der Waals surface area contributed by atoms with E-state index in [-0.39, 0.29) is 17.5 Å². The summed E-state index contributed by atoms with van der Waals surface area (Å²) >= 11 is 3.22. The molecule has 1 heterocycles. The van der Waals surface area contributed by atoms with Crippen LogP contribution in [0.4, 0.5) is 0 Å². The fourth-order valence-corrected chi connectivity index (χ4v) is 2.54. The van der Waals surface area contributed by atoms with Crippen LogP contribution in [0.5, 0.6) is 0 Å². The second kappa shape index (κ2) is 6.27. The van der Waals surface area contributed by atoms with Crippen molar-refractivity contribution in [2.45, 2.75) is 19.4 Å². The molecule has 0 radical (unpaired) electrons. The van der Waals surface area contributed by atoms with Crippen LogP contribution in [-0.2, 0) is 9.59 Å². The van der Waals surface area contributed by atoms with Crippen LogP contribution in [0.2, 0.25) is 0 Å². The Hall–Kier alpha value is -2.22. The topological polar surface area (TPSA) is 104 Å². The molecule has 0 aromatic heterocycles. The van der Waals surface area contributed by atoms with Crippen LogP contribution < -0.4 is 5.32 Å². The molecule has 22 heavy (non-hydrogen) atoms. The number of rotatable bonds is 5. The summed E-state index contributed by atoms with van der Waals surface area (Å²) in [5, 5.41) is 11.1. The number of carbonyl (C=O) groups excluding carboxylic acids is 3. The minimum atomic E-state index is -1.04. The summed E-state index contributed by atoms with van der Waals surface area (Å²) in [7, 11) is 0. The standard InChI is InChI=1S/C14H13BrN2O5/c1-7(4-12(19)20)16-11(18)6-17-13(21)9-3-2-8(15)5-10(9)14(17)22/h2-3,5,7H,4,6H2,1H3,(H,16,18)(H,19,20). The van der Waals surface area contributed by atoms with E-state index < -0.39 is 36.3 Å². The van der Waals surface area contributed by atoms with E-state index in [4.69, 9.17) is 5.11 Å². The third-order valence-electron chi connectivity index (χ3n) is 3.12. The smallest absolute Gasteiger partial charge is 0.305 e. The van der Waals surface area contributed by atoms with Crippen LogP contribution >= 0.6 is 15.9 Å². The third-order valence-corrected chi connectivity index (χ3v) is 3.62. The lowest BCUT2D eigenvalue weighted by atomic mass is 10.1. The quantitative estimate of drug-likeness (QED) is 0.755. The largest absolute Gasteiger partial charge is 0.481 e. The zero-order chi connectivity index (χ0) is 16.4. The number of carboxylic acid groups (broad SMARTS) is 1. The number of nitrogens with one attached hydrogen (secondary N) is 1. The van der Waals surface area contributed by atoms with Crippen LogP contribution in [0.25, 0.3) is 0 Å². The molecule has 1 aliphatic heterocycles. The summed E-state index contributed by atoms with van der Waals surface area (Å²) in [6.07, 6.45) is -0.235. The zero-order valence-corrected chi connectivity index (χ0v) is 13.2. The van der Waals surface area contributed by atoms with Gasteiger partial charge in [0.15, 0.2) is 0 Å². The van der Waals surface area contributed by atoms with E-state index in [0.29, 0.717) is 4.47 Å². The van der Waals surface area contributed by atoms with Crippen molar-refractivity contribution in [3.05, 3.63) is 33.8 Å². The molecule has 0 spiro atoms. The molecule has 0 saturated carbocycles. The molecule has 1 aromatic rings. The Morgan fingerprint density at radius 3 is 2.55 bits per heavy atom. The summed E-state index contributed by atoms with van der Waals surface area (Å²) in [5.74, 6) is -2.70. The lowest BCUT2D eigenvalue weighted by molar-refractivity contribution is -0.137. The SMILES string of the molecule is CC(CC(=O)O)NC(=O)CN1C(=O)c2ccc(Br)cc2C1=O. The molecule has 1 unspecified atom stereocenters. The van der Waals surface area contributed by atoms with E-state index >= 15 is 0 Å². The Morgan fingerprint density at radius 2 is 1.91 bits per heavy atom. The van der Waals surface area contributed by atoms with Gasteiger partial charge >= 0.3 is 5.97 Å². The lowest BCUT2D eigenvalue weighted by Gasteiger charge is -2.16. The fraction of sp³-hybridized carbons (Fsp3) is 0.286. The molecular weight excluding hydrogens is 356 g/mol. The molecule has 0 bridgehead atoms. The molecule has 0 saturated heterocycles. The molecule has 2 N–H and O–H groups in total. The monoisotopic (exact) mass is 368 g/mol. The van der Waals surface area contributed by atoms with Crippen LogP contribution in [-0.4, -0.2) is 46.3 Å². The Kier molecular flexibility index (Phi) is 4.60. The molecule has 7 nitrogen and oxygen atoms in total. The first kappa shape index (κ1) is 16.2. The van der Waals surface area contributed by atoms with E-state index in [2.05, 4.69) is 21.2 Å². The van der Waals surface area contributed by atoms with E-state index in [1.807, 2.05) is 0 Å². The van der Waals surface area contributed by atoms with Crippen molar-refractivity contribution >= 4 is 39.6 Å². The number of aliphatic carboxylic acids is 1. The number of carboxylic acids is 1. The van der Waals surface area contributed by atoms with Gasteiger partial charge in [-0.3, -0.25) is 24.1 Å². The molecule has 1 atom stereocenters. The molecule has 0 aliphatic carbocycles. The molecule has 116 valence electrons. The normalized spacial score (nSPS) is 14.7. The van der Waals surface area contributed by atoms with E-state index in [0.717, 1.165) is 4.90 Å². The number of nitrogens with zero attached hydrogens (tertiary/aromatic N) is 1. The summed E-state index contributed by atoms with van der Waals surface area (Å²) in [4.78, 5) is 47.5. The van der Waals surface area contributed by atoms with Gasteiger partial charge in [-0.05, 0) is 25.1 Å². The van der Waals surface area contributed by atoms with Crippen molar-refractivity contribution < 1.29 is 24.3 Å². The van der Waals surface area contributed by atoms with E-state index in [9.17, 15) is 19.2 Å². The first-order chi connectivity index (χ1) is 10.3. The summed E-state index contributed by atoms with van der Waals surface area (Å²) < 4.78 is 0.661. The number of imide groups is 1. The van der Waals surface area contributed by atoms with E-state index in [1.165, 1.54) is 19.1 Å². The highest BCUT2D eigenvalue weighted by molar-refractivity contribution is 9.10. The molecule has 3 amide bonds. The maximum Gasteiger partial charge on any atom is 0.305 e. The van der Waals surface area contributed by atoms with Gasteiger partial charge in [-0.1, -0.05) is 15.9 Å².